The summed E-state index contributed by atoms with van der Waals surface area (Å²) in [5.41, 5.74) is 2.20. The van der Waals surface area contributed by atoms with Gasteiger partial charge in [0.1, 0.15) is 12.1 Å². The lowest BCUT2D eigenvalue weighted by atomic mass is 10.0. The third-order valence-electron chi connectivity index (χ3n) is 5.00. The van der Waals surface area contributed by atoms with Gasteiger partial charge < -0.3 is 15.0 Å². The van der Waals surface area contributed by atoms with Gasteiger partial charge in [0.2, 0.25) is 11.3 Å². The Morgan fingerprint density at radius 2 is 1.55 bits per heavy atom. The second-order valence-corrected chi connectivity index (χ2v) is 7.23. The minimum Gasteiger partial charge on any atom is -0.477 e. The number of carbonyl (C=O) groups excluding carboxylic acids is 1. The lowest BCUT2D eigenvalue weighted by molar-refractivity contribution is -0.116. The molecule has 6 nitrogen and oxygen atoms in total. The maximum atomic E-state index is 12.8. The predicted octanol–water partition coefficient (Wildman–Crippen LogP) is 3.93. The number of amides is 1. The molecule has 1 aromatic heterocycles. The molecule has 0 saturated heterocycles. The number of nitrogens with zero attached hydrogens (tertiary/aromatic N) is 1. The van der Waals surface area contributed by atoms with Gasteiger partial charge in [-0.2, -0.15) is 0 Å². The highest BCUT2D eigenvalue weighted by molar-refractivity contribution is 5.95. The first kappa shape index (κ1) is 20.1. The zero-order valence-corrected chi connectivity index (χ0v) is 16.6. The van der Waals surface area contributed by atoms with E-state index in [0.29, 0.717) is 17.6 Å². The number of nitrogens with one attached hydrogen (secondary N) is 1. The molecule has 0 aliphatic carbocycles. The number of para-hydroxylation sites is 1. The van der Waals surface area contributed by atoms with Crippen molar-refractivity contribution in [1.29, 1.82) is 0 Å². The number of anilines is 1. The van der Waals surface area contributed by atoms with E-state index in [4.69, 9.17) is 0 Å². The number of aromatic nitrogens is 1. The average molecular weight is 412 g/mol. The highest BCUT2D eigenvalue weighted by Crippen LogP contribution is 2.18. The first-order chi connectivity index (χ1) is 15.0. The Hall–Kier alpha value is -4.19. The fraction of sp³-hybridized carbons (Fsp3) is 0.0800. The van der Waals surface area contributed by atoms with Crippen LogP contribution in [0.1, 0.15) is 21.5 Å². The molecule has 0 saturated carbocycles. The van der Waals surface area contributed by atoms with Crippen LogP contribution in [0.4, 0.5) is 5.69 Å². The molecule has 4 rings (SSSR count). The van der Waals surface area contributed by atoms with Crippen molar-refractivity contribution in [3.63, 3.8) is 0 Å². The van der Waals surface area contributed by atoms with E-state index < -0.39 is 11.4 Å². The molecular weight excluding hydrogens is 392 g/mol. The maximum absolute atomic E-state index is 12.8. The third kappa shape index (κ3) is 4.53. The number of fused-ring (bicyclic) bond motifs is 1. The quantitative estimate of drug-likeness (QED) is 0.502. The highest BCUT2D eigenvalue weighted by Gasteiger charge is 2.16. The first-order valence-corrected chi connectivity index (χ1v) is 9.79. The Labute approximate surface area is 178 Å². The Morgan fingerprint density at radius 3 is 2.23 bits per heavy atom. The van der Waals surface area contributed by atoms with Gasteiger partial charge in [-0.1, -0.05) is 54.6 Å². The Kier molecular flexibility index (Phi) is 5.62. The molecule has 1 heterocycles. The predicted molar refractivity (Wildman–Crippen MR) is 119 cm³/mol. The first-order valence-electron chi connectivity index (χ1n) is 9.79. The van der Waals surface area contributed by atoms with Crippen molar-refractivity contribution < 1.29 is 14.7 Å². The molecule has 6 heteroatoms. The van der Waals surface area contributed by atoms with Crippen LogP contribution >= 0.6 is 0 Å². The largest absolute Gasteiger partial charge is 0.477 e. The van der Waals surface area contributed by atoms with E-state index in [1.165, 1.54) is 10.8 Å². The summed E-state index contributed by atoms with van der Waals surface area (Å²) in [7, 11) is 0. The minimum atomic E-state index is -1.32. The van der Waals surface area contributed by atoms with Crippen LogP contribution in [-0.2, 0) is 17.8 Å². The van der Waals surface area contributed by atoms with Gasteiger partial charge in [-0.15, -0.1) is 0 Å². The van der Waals surface area contributed by atoms with Crippen LogP contribution in [0.3, 0.4) is 0 Å². The summed E-state index contributed by atoms with van der Waals surface area (Å²) in [6, 6.07) is 24.1. The van der Waals surface area contributed by atoms with Gasteiger partial charge >= 0.3 is 5.97 Å². The number of hydrogen-bond donors (Lipinski definition) is 2. The number of hydrogen-bond acceptors (Lipinski definition) is 3. The SMILES string of the molecule is O=C(Cn1cc(C(=O)O)c(=O)c2cc(Cc3ccccc3)ccc21)Nc1ccccc1. The summed E-state index contributed by atoms with van der Waals surface area (Å²) in [5.74, 6) is -1.64. The van der Waals surface area contributed by atoms with Crippen LogP contribution in [0.5, 0.6) is 0 Å². The molecule has 31 heavy (non-hydrogen) atoms. The Morgan fingerprint density at radius 1 is 0.871 bits per heavy atom. The molecule has 1 amide bonds. The summed E-state index contributed by atoms with van der Waals surface area (Å²) in [6.07, 6.45) is 1.84. The van der Waals surface area contributed by atoms with E-state index in [0.717, 1.165) is 11.1 Å². The maximum Gasteiger partial charge on any atom is 0.341 e. The van der Waals surface area contributed by atoms with Crippen molar-refractivity contribution in [2.45, 2.75) is 13.0 Å². The van der Waals surface area contributed by atoms with Gasteiger partial charge in [-0.05, 0) is 41.8 Å². The van der Waals surface area contributed by atoms with Crippen LogP contribution in [-0.4, -0.2) is 21.6 Å². The van der Waals surface area contributed by atoms with Crippen LogP contribution in [0, 0.1) is 0 Å². The Balaban J connectivity index is 1.72. The topological polar surface area (TPSA) is 88.4 Å². The molecular formula is C25H20N2O4. The fourth-order valence-corrected chi connectivity index (χ4v) is 3.55. The highest BCUT2D eigenvalue weighted by atomic mass is 16.4. The zero-order chi connectivity index (χ0) is 21.8. The molecule has 2 N–H and O–H groups in total. The van der Waals surface area contributed by atoms with E-state index in [9.17, 15) is 19.5 Å². The molecule has 0 spiro atoms. The molecule has 4 aromatic rings. The van der Waals surface area contributed by atoms with Crippen molar-refractivity contribution in [1.82, 2.24) is 4.57 Å². The lowest BCUT2D eigenvalue weighted by Gasteiger charge is -2.14. The summed E-state index contributed by atoms with van der Waals surface area (Å²) in [4.78, 5) is 37.0. The summed E-state index contributed by atoms with van der Waals surface area (Å²) >= 11 is 0. The minimum absolute atomic E-state index is 0.121. The van der Waals surface area contributed by atoms with Gasteiger partial charge in [0.05, 0.1) is 5.52 Å². The van der Waals surface area contributed by atoms with Gasteiger partial charge in [0, 0.05) is 17.3 Å². The Bertz CT molecular complexity index is 1310. The number of carboxylic acid groups (broad SMARTS) is 1. The summed E-state index contributed by atoms with van der Waals surface area (Å²) in [6.45, 7) is -0.121. The van der Waals surface area contributed by atoms with Crippen molar-refractivity contribution in [3.05, 3.63) is 112 Å². The standard InChI is InChI=1S/C25H20N2O4/c28-23(26-19-9-5-2-6-10-19)16-27-15-21(25(30)31)24(29)20-14-18(11-12-22(20)27)13-17-7-3-1-4-8-17/h1-12,14-15H,13,16H2,(H,26,28)(H,30,31). The summed E-state index contributed by atoms with van der Waals surface area (Å²) in [5, 5.41) is 12.6. The van der Waals surface area contributed by atoms with Gasteiger partial charge in [0.15, 0.2) is 0 Å². The number of carboxylic acids is 1. The van der Waals surface area contributed by atoms with Crippen molar-refractivity contribution >= 4 is 28.5 Å². The molecule has 0 bridgehead atoms. The monoisotopic (exact) mass is 412 g/mol. The van der Waals surface area contributed by atoms with Crippen molar-refractivity contribution in [2.75, 3.05) is 5.32 Å². The summed E-state index contributed by atoms with van der Waals surface area (Å²) < 4.78 is 1.50. The van der Waals surface area contributed by atoms with Crippen LogP contribution in [0.15, 0.2) is 89.9 Å². The molecule has 0 atom stereocenters. The van der Waals surface area contributed by atoms with E-state index in [1.54, 1.807) is 36.4 Å². The third-order valence-corrected chi connectivity index (χ3v) is 5.00. The molecule has 154 valence electrons. The molecule has 3 aromatic carbocycles. The lowest BCUT2D eigenvalue weighted by Crippen LogP contribution is -2.24. The van der Waals surface area contributed by atoms with Gasteiger partial charge in [-0.25, -0.2) is 4.79 Å². The second kappa shape index (κ2) is 8.67. The molecule has 0 unspecified atom stereocenters. The van der Waals surface area contributed by atoms with Crippen molar-refractivity contribution in [2.24, 2.45) is 0 Å². The number of carbonyl (C=O) groups is 2. The smallest absolute Gasteiger partial charge is 0.341 e. The van der Waals surface area contributed by atoms with E-state index in [-0.39, 0.29) is 23.4 Å². The average Bonchev–Trinajstić information content (AvgIpc) is 2.77. The normalized spacial score (nSPS) is 10.7. The van der Waals surface area contributed by atoms with Gasteiger partial charge in [-0.3, -0.25) is 9.59 Å². The number of aromatic carboxylic acids is 1. The van der Waals surface area contributed by atoms with Gasteiger partial charge in [0.25, 0.3) is 0 Å². The van der Waals surface area contributed by atoms with E-state index in [1.807, 2.05) is 42.5 Å². The van der Waals surface area contributed by atoms with Crippen LogP contribution in [0.25, 0.3) is 10.9 Å². The van der Waals surface area contributed by atoms with E-state index >= 15 is 0 Å². The van der Waals surface area contributed by atoms with Crippen molar-refractivity contribution in [3.8, 4) is 0 Å². The number of pyridine rings is 1. The molecule has 0 aliphatic rings. The fourth-order valence-electron chi connectivity index (χ4n) is 3.55. The zero-order valence-electron chi connectivity index (χ0n) is 16.6. The number of rotatable bonds is 6. The van der Waals surface area contributed by atoms with Crippen LogP contribution < -0.4 is 10.7 Å². The number of benzene rings is 3. The molecule has 0 aliphatic heterocycles. The second-order valence-electron chi connectivity index (χ2n) is 7.23. The molecule has 0 fully saturated rings. The van der Waals surface area contributed by atoms with E-state index in [2.05, 4.69) is 5.32 Å². The van der Waals surface area contributed by atoms with Crippen LogP contribution in [0.2, 0.25) is 0 Å². The molecule has 0 radical (unpaired) electrons.